The molecule has 0 saturated carbocycles. The summed E-state index contributed by atoms with van der Waals surface area (Å²) in [7, 11) is 1.41. The van der Waals surface area contributed by atoms with Crippen LogP contribution in [0.4, 0.5) is 4.79 Å². The van der Waals surface area contributed by atoms with Crippen LogP contribution in [0.25, 0.3) is 0 Å². The van der Waals surface area contributed by atoms with E-state index in [4.69, 9.17) is 10.00 Å². The molecule has 0 aliphatic carbocycles. The van der Waals surface area contributed by atoms with Gasteiger partial charge in [-0.15, -0.1) is 0 Å². The Labute approximate surface area is 119 Å². The maximum atomic E-state index is 11.4. The van der Waals surface area contributed by atoms with Crippen molar-refractivity contribution in [2.75, 3.05) is 20.2 Å². The highest BCUT2D eigenvalue weighted by Gasteiger charge is 2.22. The summed E-state index contributed by atoms with van der Waals surface area (Å²) < 4.78 is 4.72. The molecular weight excluding hydrogens is 254 g/mol. The minimum Gasteiger partial charge on any atom is -0.453 e. The molecule has 1 N–H and O–H groups in total. The van der Waals surface area contributed by atoms with Crippen LogP contribution >= 0.6 is 0 Å². The van der Waals surface area contributed by atoms with Gasteiger partial charge in [0.25, 0.3) is 0 Å². The number of benzene rings is 1. The molecule has 20 heavy (non-hydrogen) atoms. The Hall–Kier alpha value is -2.06. The average molecular weight is 273 g/mol. The molecule has 1 aliphatic rings. The van der Waals surface area contributed by atoms with Crippen LogP contribution in [0, 0.1) is 11.3 Å². The quantitative estimate of drug-likeness (QED) is 0.913. The van der Waals surface area contributed by atoms with Crippen LogP contribution in [0.3, 0.4) is 0 Å². The third-order valence-corrected chi connectivity index (χ3v) is 3.61. The maximum Gasteiger partial charge on any atom is 0.409 e. The second-order valence-corrected chi connectivity index (χ2v) is 4.92. The Kier molecular flexibility index (Phi) is 4.97. The van der Waals surface area contributed by atoms with Crippen molar-refractivity contribution < 1.29 is 9.53 Å². The molecule has 0 radical (unpaired) electrons. The number of carbonyl (C=O) groups is 1. The molecule has 106 valence electrons. The molecule has 0 spiro atoms. The van der Waals surface area contributed by atoms with E-state index in [1.165, 1.54) is 12.7 Å². The highest BCUT2D eigenvalue weighted by molar-refractivity contribution is 5.67. The van der Waals surface area contributed by atoms with E-state index >= 15 is 0 Å². The number of likely N-dealkylation sites (tertiary alicyclic amines) is 1. The molecule has 0 atom stereocenters. The van der Waals surface area contributed by atoms with E-state index in [-0.39, 0.29) is 6.09 Å². The molecular formula is C15H19N3O2. The SMILES string of the molecule is COC(=O)N1CCC(NCc2ccc(C#N)cc2)CC1. The van der Waals surface area contributed by atoms with E-state index in [0.29, 0.717) is 11.6 Å². The Morgan fingerprint density at radius 3 is 2.60 bits per heavy atom. The average Bonchev–Trinajstić information content (AvgIpc) is 2.53. The predicted octanol–water partition coefficient (Wildman–Crippen LogP) is 1.88. The summed E-state index contributed by atoms with van der Waals surface area (Å²) in [5, 5.41) is 12.2. The van der Waals surface area contributed by atoms with Gasteiger partial charge in [0, 0.05) is 25.7 Å². The first kappa shape index (κ1) is 14.4. The van der Waals surface area contributed by atoms with Crippen molar-refractivity contribution >= 4 is 6.09 Å². The molecule has 0 aromatic heterocycles. The molecule has 1 aromatic rings. The molecule has 1 saturated heterocycles. The van der Waals surface area contributed by atoms with E-state index < -0.39 is 0 Å². The summed E-state index contributed by atoms with van der Waals surface area (Å²) in [4.78, 5) is 13.1. The van der Waals surface area contributed by atoms with Gasteiger partial charge in [0.05, 0.1) is 18.7 Å². The molecule has 5 heteroatoms. The van der Waals surface area contributed by atoms with E-state index in [2.05, 4.69) is 11.4 Å². The Balaban J connectivity index is 1.75. The van der Waals surface area contributed by atoms with Crippen LogP contribution in [0.5, 0.6) is 0 Å². The number of hydrogen-bond acceptors (Lipinski definition) is 4. The number of nitrogens with zero attached hydrogens (tertiary/aromatic N) is 2. The van der Waals surface area contributed by atoms with Crippen LogP contribution in [0.1, 0.15) is 24.0 Å². The fourth-order valence-corrected chi connectivity index (χ4v) is 2.35. The third-order valence-electron chi connectivity index (χ3n) is 3.61. The number of nitrogens with one attached hydrogen (secondary N) is 1. The largest absolute Gasteiger partial charge is 0.453 e. The van der Waals surface area contributed by atoms with E-state index in [1.54, 1.807) is 4.90 Å². The number of nitriles is 1. The molecule has 1 fully saturated rings. The number of rotatable bonds is 3. The lowest BCUT2D eigenvalue weighted by atomic mass is 10.0. The number of ether oxygens (including phenoxy) is 1. The fourth-order valence-electron chi connectivity index (χ4n) is 2.35. The first-order chi connectivity index (χ1) is 9.72. The zero-order valence-corrected chi connectivity index (χ0v) is 11.6. The topological polar surface area (TPSA) is 65.4 Å². The lowest BCUT2D eigenvalue weighted by Gasteiger charge is -2.31. The number of hydrogen-bond donors (Lipinski definition) is 1. The highest BCUT2D eigenvalue weighted by Crippen LogP contribution is 2.12. The minimum absolute atomic E-state index is 0.240. The smallest absolute Gasteiger partial charge is 0.409 e. The summed E-state index contributed by atoms with van der Waals surface area (Å²) in [5.41, 5.74) is 1.85. The van der Waals surface area contributed by atoms with E-state index in [0.717, 1.165) is 32.5 Å². The van der Waals surface area contributed by atoms with Gasteiger partial charge in [-0.1, -0.05) is 12.1 Å². The first-order valence-electron chi connectivity index (χ1n) is 6.78. The summed E-state index contributed by atoms with van der Waals surface area (Å²) in [5.74, 6) is 0. The van der Waals surface area contributed by atoms with Crippen molar-refractivity contribution in [3.63, 3.8) is 0 Å². The summed E-state index contributed by atoms with van der Waals surface area (Å²) >= 11 is 0. The van der Waals surface area contributed by atoms with Gasteiger partial charge < -0.3 is 15.0 Å². The molecule has 1 aliphatic heterocycles. The van der Waals surface area contributed by atoms with Gasteiger partial charge in [-0.2, -0.15) is 5.26 Å². The van der Waals surface area contributed by atoms with Crippen LogP contribution in [0.2, 0.25) is 0 Å². The van der Waals surface area contributed by atoms with Gasteiger partial charge in [-0.25, -0.2) is 4.79 Å². The fraction of sp³-hybridized carbons (Fsp3) is 0.467. The second-order valence-electron chi connectivity index (χ2n) is 4.92. The molecule has 0 unspecified atom stereocenters. The molecule has 2 rings (SSSR count). The van der Waals surface area contributed by atoms with Crippen molar-refractivity contribution in [1.29, 1.82) is 5.26 Å². The predicted molar refractivity (Wildman–Crippen MR) is 75.0 cm³/mol. The number of carbonyl (C=O) groups excluding carboxylic acids is 1. The summed E-state index contributed by atoms with van der Waals surface area (Å²) in [6, 6.07) is 10.1. The van der Waals surface area contributed by atoms with Crippen LogP contribution < -0.4 is 5.32 Å². The maximum absolute atomic E-state index is 11.4. The van der Waals surface area contributed by atoms with Gasteiger partial charge in [0.2, 0.25) is 0 Å². The Bertz CT molecular complexity index is 485. The molecule has 1 heterocycles. The standard InChI is InChI=1S/C15H19N3O2/c1-20-15(19)18-8-6-14(7-9-18)17-11-13-4-2-12(10-16)3-5-13/h2-5,14,17H,6-9,11H2,1H3. The molecule has 1 amide bonds. The van der Waals surface area contributed by atoms with E-state index in [9.17, 15) is 4.79 Å². The highest BCUT2D eigenvalue weighted by atomic mass is 16.5. The van der Waals surface area contributed by atoms with Gasteiger partial charge in [0.15, 0.2) is 0 Å². The second kappa shape index (κ2) is 6.92. The van der Waals surface area contributed by atoms with Gasteiger partial charge in [-0.05, 0) is 30.5 Å². The number of piperidine rings is 1. The van der Waals surface area contributed by atoms with Crippen LogP contribution in [-0.4, -0.2) is 37.2 Å². The Morgan fingerprint density at radius 2 is 2.05 bits per heavy atom. The number of amides is 1. The minimum atomic E-state index is -0.240. The van der Waals surface area contributed by atoms with Gasteiger partial charge in [0.1, 0.15) is 0 Å². The van der Waals surface area contributed by atoms with Crippen LogP contribution in [0.15, 0.2) is 24.3 Å². The monoisotopic (exact) mass is 273 g/mol. The van der Waals surface area contributed by atoms with Crippen molar-refractivity contribution in [3.05, 3.63) is 35.4 Å². The molecule has 0 bridgehead atoms. The lowest BCUT2D eigenvalue weighted by molar-refractivity contribution is 0.109. The lowest BCUT2D eigenvalue weighted by Crippen LogP contribution is -2.44. The zero-order chi connectivity index (χ0) is 14.4. The summed E-state index contributed by atoms with van der Waals surface area (Å²) in [6.07, 6.45) is 1.63. The summed E-state index contributed by atoms with van der Waals surface area (Å²) in [6.45, 7) is 2.25. The zero-order valence-electron chi connectivity index (χ0n) is 11.6. The van der Waals surface area contributed by atoms with Gasteiger partial charge >= 0.3 is 6.09 Å². The van der Waals surface area contributed by atoms with Gasteiger partial charge in [-0.3, -0.25) is 0 Å². The van der Waals surface area contributed by atoms with Crippen molar-refractivity contribution in [2.24, 2.45) is 0 Å². The van der Waals surface area contributed by atoms with Crippen LogP contribution in [-0.2, 0) is 11.3 Å². The van der Waals surface area contributed by atoms with Crippen molar-refractivity contribution in [3.8, 4) is 6.07 Å². The number of methoxy groups -OCH3 is 1. The third kappa shape index (κ3) is 3.72. The molecule has 1 aromatic carbocycles. The van der Waals surface area contributed by atoms with Crippen molar-refractivity contribution in [1.82, 2.24) is 10.2 Å². The molecule has 5 nitrogen and oxygen atoms in total. The van der Waals surface area contributed by atoms with Crippen molar-refractivity contribution in [2.45, 2.75) is 25.4 Å². The first-order valence-corrected chi connectivity index (χ1v) is 6.78. The normalized spacial score (nSPS) is 15.7. The Morgan fingerprint density at radius 1 is 1.40 bits per heavy atom. The van der Waals surface area contributed by atoms with E-state index in [1.807, 2.05) is 24.3 Å².